The Kier molecular flexibility index (Phi) is 5.04. The zero-order valence-electron chi connectivity index (χ0n) is 7.88. The van der Waals surface area contributed by atoms with E-state index in [0.717, 1.165) is 26.1 Å². The van der Waals surface area contributed by atoms with E-state index in [1.807, 2.05) is 13.0 Å². The molecule has 0 spiro atoms. The Morgan fingerprint density at radius 3 is 3.17 bits per heavy atom. The quantitative estimate of drug-likeness (QED) is 0.649. The summed E-state index contributed by atoms with van der Waals surface area (Å²) in [5.74, 6) is 0. The van der Waals surface area contributed by atoms with Crippen molar-refractivity contribution in [2.45, 2.75) is 32.3 Å². The van der Waals surface area contributed by atoms with E-state index in [-0.39, 0.29) is 0 Å². The van der Waals surface area contributed by atoms with E-state index in [0.29, 0.717) is 6.10 Å². The molecule has 0 aromatic rings. The van der Waals surface area contributed by atoms with E-state index >= 15 is 0 Å². The lowest BCUT2D eigenvalue weighted by atomic mass is 10.2. The van der Waals surface area contributed by atoms with Crippen molar-refractivity contribution < 1.29 is 4.74 Å². The molecule has 2 nitrogen and oxygen atoms in total. The van der Waals surface area contributed by atoms with Gasteiger partial charge in [-0.2, -0.15) is 0 Å². The molecule has 1 aliphatic rings. The van der Waals surface area contributed by atoms with Gasteiger partial charge in [0.25, 0.3) is 0 Å². The second kappa shape index (κ2) is 6.21. The number of hydrogen-bond acceptors (Lipinski definition) is 2. The minimum Gasteiger partial charge on any atom is -0.374 e. The van der Waals surface area contributed by atoms with Crippen LogP contribution in [0.4, 0.5) is 0 Å². The fourth-order valence-corrected chi connectivity index (χ4v) is 1.44. The summed E-state index contributed by atoms with van der Waals surface area (Å²) in [4.78, 5) is 0. The first-order valence-electron chi connectivity index (χ1n) is 4.87. The second-order valence-corrected chi connectivity index (χ2v) is 3.21. The Balaban J connectivity index is 2.11. The van der Waals surface area contributed by atoms with Crippen LogP contribution >= 0.6 is 0 Å². The summed E-state index contributed by atoms with van der Waals surface area (Å²) in [7, 11) is 0. The van der Waals surface area contributed by atoms with Gasteiger partial charge in [0.2, 0.25) is 0 Å². The average Bonchev–Trinajstić information content (AvgIpc) is 2.33. The molecule has 1 heterocycles. The third kappa shape index (κ3) is 3.88. The molecule has 1 atom stereocenters. The molecule has 1 fully saturated rings. The molecule has 70 valence electrons. The number of nitrogens with one attached hydrogen (secondary N) is 1. The first-order valence-corrected chi connectivity index (χ1v) is 4.87. The summed E-state index contributed by atoms with van der Waals surface area (Å²) in [5.41, 5.74) is 0. The lowest BCUT2D eigenvalue weighted by Crippen LogP contribution is -2.17. The van der Waals surface area contributed by atoms with E-state index in [9.17, 15) is 0 Å². The smallest absolute Gasteiger partial charge is 0.0651 e. The second-order valence-electron chi connectivity index (χ2n) is 3.21. The van der Waals surface area contributed by atoms with Gasteiger partial charge >= 0.3 is 0 Å². The van der Waals surface area contributed by atoms with Gasteiger partial charge in [0.15, 0.2) is 0 Å². The van der Waals surface area contributed by atoms with Crippen molar-refractivity contribution in [1.29, 1.82) is 0 Å². The minimum absolute atomic E-state index is 0.483. The van der Waals surface area contributed by atoms with Crippen molar-refractivity contribution in [1.82, 2.24) is 5.32 Å². The molecule has 0 aliphatic carbocycles. The summed E-state index contributed by atoms with van der Waals surface area (Å²) >= 11 is 0. The van der Waals surface area contributed by atoms with Crippen molar-refractivity contribution in [2.24, 2.45) is 0 Å². The third-order valence-electron chi connectivity index (χ3n) is 2.19. The summed E-state index contributed by atoms with van der Waals surface area (Å²) in [6.45, 7) is 5.07. The van der Waals surface area contributed by atoms with Crippen LogP contribution in [0.25, 0.3) is 0 Å². The minimum atomic E-state index is 0.483. The maximum absolute atomic E-state index is 5.68. The average molecular weight is 169 g/mol. The fraction of sp³-hybridized carbons (Fsp3) is 0.800. The molecule has 0 bridgehead atoms. The molecule has 12 heavy (non-hydrogen) atoms. The van der Waals surface area contributed by atoms with Crippen molar-refractivity contribution in [2.75, 3.05) is 19.7 Å². The molecule has 2 heteroatoms. The highest BCUT2D eigenvalue weighted by molar-refractivity contribution is 4.77. The summed E-state index contributed by atoms with van der Waals surface area (Å²) in [6.07, 6.45) is 8.21. The van der Waals surface area contributed by atoms with Crippen LogP contribution in [0.5, 0.6) is 0 Å². The number of hydrogen-bond donors (Lipinski definition) is 1. The Morgan fingerprint density at radius 1 is 1.42 bits per heavy atom. The van der Waals surface area contributed by atoms with Crippen molar-refractivity contribution in [3.05, 3.63) is 12.2 Å². The van der Waals surface area contributed by atoms with Crippen LogP contribution in [0.15, 0.2) is 12.2 Å². The normalized spacial score (nSPS) is 25.9. The Hall–Kier alpha value is -0.340. The monoisotopic (exact) mass is 169 g/mol. The molecule has 0 radical (unpaired) electrons. The van der Waals surface area contributed by atoms with Crippen LogP contribution in [0, 0.1) is 0 Å². The zero-order valence-corrected chi connectivity index (χ0v) is 7.88. The first-order chi connectivity index (χ1) is 5.93. The summed E-state index contributed by atoms with van der Waals surface area (Å²) in [6, 6.07) is 0. The van der Waals surface area contributed by atoms with Gasteiger partial charge in [0.1, 0.15) is 0 Å². The zero-order chi connectivity index (χ0) is 8.65. The highest BCUT2D eigenvalue weighted by Crippen LogP contribution is 2.08. The molecule has 0 amide bonds. The Labute approximate surface area is 75.0 Å². The van der Waals surface area contributed by atoms with E-state index in [2.05, 4.69) is 11.4 Å². The van der Waals surface area contributed by atoms with Gasteiger partial charge in [0, 0.05) is 0 Å². The number of ether oxygens (including phenoxy) is 1. The predicted octanol–water partition coefficient (Wildman–Crippen LogP) is 1.72. The highest BCUT2D eigenvalue weighted by atomic mass is 16.5. The van der Waals surface area contributed by atoms with Gasteiger partial charge in [-0.1, -0.05) is 12.2 Å². The van der Waals surface area contributed by atoms with E-state index in [1.54, 1.807) is 0 Å². The molecule has 1 N–H and O–H groups in total. The number of rotatable bonds is 3. The van der Waals surface area contributed by atoms with Crippen molar-refractivity contribution in [3.8, 4) is 0 Å². The number of allylic oxidation sites excluding steroid dienone is 1. The highest BCUT2D eigenvalue weighted by Gasteiger charge is 2.10. The largest absolute Gasteiger partial charge is 0.374 e. The van der Waals surface area contributed by atoms with Crippen LogP contribution in [0.1, 0.15) is 26.2 Å². The molecule has 1 rings (SSSR count). The van der Waals surface area contributed by atoms with Crippen LogP contribution in [0.2, 0.25) is 0 Å². The molecule has 1 unspecified atom stereocenters. The van der Waals surface area contributed by atoms with E-state index in [1.165, 1.54) is 12.8 Å². The van der Waals surface area contributed by atoms with Gasteiger partial charge in [-0.25, -0.2) is 0 Å². The standard InChI is InChI=1S/C10H19NO/c1-2-3-9-12-10-5-4-7-11-8-6-10/h2-3,10-11H,4-9H2,1H3. The first kappa shape index (κ1) is 9.75. The molecule has 0 aromatic carbocycles. The van der Waals surface area contributed by atoms with E-state index < -0.39 is 0 Å². The lowest BCUT2D eigenvalue weighted by Gasteiger charge is -2.12. The van der Waals surface area contributed by atoms with Crippen LogP contribution < -0.4 is 5.32 Å². The molecular weight excluding hydrogens is 150 g/mol. The maximum atomic E-state index is 5.68. The topological polar surface area (TPSA) is 21.3 Å². The van der Waals surface area contributed by atoms with E-state index in [4.69, 9.17) is 4.74 Å². The third-order valence-corrected chi connectivity index (χ3v) is 2.19. The van der Waals surface area contributed by atoms with Gasteiger partial charge in [-0.05, 0) is 39.3 Å². The van der Waals surface area contributed by atoms with Crippen LogP contribution in [0.3, 0.4) is 0 Å². The van der Waals surface area contributed by atoms with Gasteiger partial charge < -0.3 is 10.1 Å². The molecule has 1 aliphatic heterocycles. The summed E-state index contributed by atoms with van der Waals surface area (Å²) in [5, 5.41) is 3.37. The molecule has 0 saturated carbocycles. The van der Waals surface area contributed by atoms with Crippen LogP contribution in [-0.2, 0) is 4.74 Å². The fourth-order valence-electron chi connectivity index (χ4n) is 1.44. The van der Waals surface area contributed by atoms with Crippen LogP contribution in [-0.4, -0.2) is 25.8 Å². The maximum Gasteiger partial charge on any atom is 0.0651 e. The van der Waals surface area contributed by atoms with Crippen molar-refractivity contribution >= 4 is 0 Å². The molecular formula is C10H19NO. The van der Waals surface area contributed by atoms with Gasteiger partial charge in [-0.3, -0.25) is 0 Å². The van der Waals surface area contributed by atoms with Gasteiger partial charge in [-0.15, -0.1) is 0 Å². The lowest BCUT2D eigenvalue weighted by molar-refractivity contribution is 0.0655. The predicted molar refractivity (Wildman–Crippen MR) is 51.3 cm³/mol. The van der Waals surface area contributed by atoms with Crippen molar-refractivity contribution in [3.63, 3.8) is 0 Å². The van der Waals surface area contributed by atoms with Gasteiger partial charge in [0.05, 0.1) is 12.7 Å². The Bertz CT molecular complexity index is 126. The summed E-state index contributed by atoms with van der Waals surface area (Å²) < 4.78 is 5.68. The molecule has 0 aromatic heterocycles. The SMILES string of the molecule is CC=CCOC1CCCNCC1. The Morgan fingerprint density at radius 2 is 2.33 bits per heavy atom. The molecule has 1 saturated heterocycles.